The maximum absolute atomic E-state index is 5.58. The monoisotopic (exact) mass is 521 g/mol. The Labute approximate surface area is 119 Å². The predicted molar refractivity (Wildman–Crippen MR) is 79.7 cm³/mol. The van der Waals surface area contributed by atoms with Crippen molar-refractivity contribution in [2.75, 3.05) is 0 Å². The number of nitrogens with two attached hydrogens (primary N) is 1. The second-order valence-electron chi connectivity index (χ2n) is 2.06. The van der Waals surface area contributed by atoms with Crippen LogP contribution in [0.3, 0.4) is 0 Å². The first-order valence-electron chi connectivity index (χ1n) is 2.98. The number of benzene rings is 1. The Morgan fingerprint density at radius 3 is 2.25 bits per heavy atom. The van der Waals surface area contributed by atoms with E-state index in [2.05, 4.69) is 79.9 Å². The van der Waals surface area contributed by atoms with Crippen molar-refractivity contribution >= 4 is 80.2 Å². The Morgan fingerprint density at radius 2 is 1.75 bits per heavy atom. The molecule has 68 valence electrons. The third kappa shape index (κ3) is 3.43. The average molecular weight is 521 g/mol. The van der Waals surface area contributed by atoms with E-state index >= 15 is 0 Å². The minimum Gasteiger partial charge on any atom is -0.326 e. The van der Waals surface area contributed by atoms with E-state index in [4.69, 9.17) is 5.73 Å². The number of rotatable bonds is 1. The van der Waals surface area contributed by atoms with Crippen molar-refractivity contribution in [3.63, 3.8) is 0 Å². The molecule has 2 N–H and O–H groups in total. The molecule has 0 amide bonds. The summed E-state index contributed by atoms with van der Waals surface area (Å²) in [4.78, 5) is 0. The molecular formula is C7H7ClI3N. The van der Waals surface area contributed by atoms with Gasteiger partial charge < -0.3 is 5.73 Å². The molecule has 1 aromatic rings. The molecule has 0 aliphatic rings. The van der Waals surface area contributed by atoms with Crippen LogP contribution in [0.25, 0.3) is 0 Å². The quantitative estimate of drug-likeness (QED) is 0.446. The van der Waals surface area contributed by atoms with E-state index in [0.717, 1.165) is 0 Å². The van der Waals surface area contributed by atoms with Gasteiger partial charge in [0.05, 0.1) is 0 Å². The SMILES string of the molecule is Cl.NCc1cc(I)cc(I)c1I. The average Bonchev–Trinajstić information content (AvgIpc) is 1.96. The zero-order valence-corrected chi connectivity index (χ0v) is 13.3. The minimum absolute atomic E-state index is 0. The third-order valence-corrected chi connectivity index (χ3v) is 5.07. The molecule has 0 radical (unpaired) electrons. The van der Waals surface area contributed by atoms with Crippen LogP contribution in [0.1, 0.15) is 5.56 Å². The zero-order valence-electron chi connectivity index (χ0n) is 5.98. The lowest BCUT2D eigenvalue weighted by Gasteiger charge is -2.03. The van der Waals surface area contributed by atoms with Gasteiger partial charge in [0.25, 0.3) is 0 Å². The molecule has 0 unspecified atom stereocenters. The standard InChI is InChI=1S/C7H6I3N.ClH/c8-5-1-4(3-11)7(10)6(9)2-5;/h1-2H,3,11H2;1H. The summed E-state index contributed by atoms with van der Waals surface area (Å²) < 4.78 is 3.83. The summed E-state index contributed by atoms with van der Waals surface area (Å²) in [5.74, 6) is 0. The first-order chi connectivity index (χ1) is 5.15. The summed E-state index contributed by atoms with van der Waals surface area (Å²) in [7, 11) is 0. The van der Waals surface area contributed by atoms with E-state index in [0.29, 0.717) is 6.54 Å². The molecule has 12 heavy (non-hydrogen) atoms. The lowest BCUT2D eigenvalue weighted by atomic mass is 10.2. The lowest BCUT2D eigenvalue weighted by Crippen LogP contribution is -2.01. The van der Waals surface area contributed by atoms with Crippen LogP contribution in [-0.4, -0.2) is 0 Å². The van der Waals surface area contributed by atoms with Crippen molar-refractivity contribution in [3.8, 4) is 0 Å². The summed E-state index contributed by atoms with van der Waals surface area (Å²) in [6, 6.07) is 4.28. The molecule has 0 atom stereocenters. The second-order valence-corrected chi connectivity index (χ2v) is 5.55. The molecular weight excluding hydrogens is 514 g/mol. The van der Waals surface area contributed by atoms with E-state index in [-0.39, 0.29) is 12.4 Å². The van der Waals surface area contributed by atoms with Gasteiger partial charge in [0, 0.05) is 17.3 Å². The highest BCUT2D eigenvalue weighted by molar-refractivity contribution is 14.1. The van der Waals surface area contributed by atoms with Crippen molar-refractivity contribution in [2.45, 2.75) is 6.54 Å². The molecule has 0 heterocycles. The Balaban J connectivity index is 0.00000121. The molecule has 0 saturated heterocycles. The predicted octanol–water partition coefficient (Wildman–Crippen LogP) is 3.38. The third-order valence-electron chi connectivity index (χ3n) is 1.29. The zero-order chi connectivity index (χ0) is 8.43. The molecule has 0 aliphatic heterocycles. The number of halogens is 4. The van der Waals surface area contributed by atoms with E-state index < -0.39 is 0 Å². The fourth-order valence-electron chi connectivity index (χ4n) is 0.758. The van der Waals surface area contributed by atoms with E-state index in [1.54, 1.807) is 0 Å². The molecule has 0 aromatic heterocycles. The van der Waals surface area contributed by atoms with Gasteiger partial charge in [-0.25, -0.2) is 0 Å². The van der Waals surface area contributed by atoms with Crippen molar-refractivity contribution in [1.82, 2.24) is 0 Å². The van der Waals surface area contributed by atoms with Crippen LogP contribution < -0.4 is 5.73 Å². The van der Waals surface area contributed by atoms with Gasteiger partial charge in [-0.15, -0.1) is 12.4 Å². The van der Waals surface area contributed by atoms with Gasteiger partial charge in [0.1, 0.15) is 0 Å². The maximum atomic E-state index is 5.58. The molecule has 1 nitrogen and oxygen atoms in total. The fraction of sp³-hybridized carbons (Fsp3) is 0.143. The van der Waals surface area contributed by atoms with Gasteiger partial charge in [-0.2, -0.15) is 0 Å². The molecule has 5 heteroatoms. The van der Waals surface area contributed by atoms with Gasteiger partial charge in [-0.1, -0.05) is 0 Å². The first-order valence-corrected chi connectivity index (χ1v) is 6.22. The van der Waals surface area contributed by atoms with Crippen LogP contribution in [0.4, 0.5) is 0 Å². The Morgan fingerprint density at radius 1 is 1.17 bits per heavy atom. The topological polar surface area (TPSA) is 26.0 Å². The minimum atomic E-state index is 0. The fourth-order valence-corrected chi connectivity index (χ4v) is 3.25. The molecule has 1 rings (SSSR count). The van der Waals surface area contributed by atoms with Gasteiger partial charge in [-0.05, 0) is 85.5 Å². The largest absolute Gasteiger partial charge is 0.326 e. The van der Waals surface area contributed by atoms with Gasteiger partial charge >= 0.3 is 0 Å². The van der Waals surface area contributed by atoms with Crippen LogP contribution in [-0.2, 0) is 6.54 Å². The Hall–Kier alpha value is 1.66. The molecule has 0 aliphatic carbocycles. The highest BCUT2D eigenvalue weighted by Crippen LogP contribution is 2.22. The van der Waals surface area contributed by atoms with Crippen LogP contribution in [0, 0.1) is 10.7 Å². The molecule has 1 aromatic carbocycles. The molecule has 0 spiro atoms. The van der Waals surface area contributed by atoms with Crippen LogP contribution >= 0.6 is 80.2 Å². The second kappa shape index (κ2) is 6.20. The van der Waals surface area contributed by atoms with Gasteiger partial charge in [0.2, 0.25) is 0 Å². The maximum Gasteiger partial charge on any atom is 0.0309 e. The molecule has 0 fully saturated rings. The van der Waals surface area contributed by atoms with E-state index in [9.17, 15) is 0 Å². The summed E-state index contributed by atoms with van der Waals surface area (Å²) >= 11 is 6.97. The molecule has 0 bridgehead atoms. The van der Waals surface area contributed by atoms with Crippen LogP contribution in [0.15, 0.2) is 12.1 Å². The molecule has 0 saturated carbocycles. The highest BCUT2D eigenvalue weighted by atomic mass is 127. The van der Waals surface area contributed by atoms with Crippen LogP contribution in [0.2, 0.25) is 0 Å². The van der Waals surface area contributed by atoms with Crippen molar-refractivity contribution in [2.24, 2.45) is 5.73 Å². The van der Waals surface area contributed by atoms with Crippen molar-refractivity contribution in [1.29, 1.82) is 0 Å². The lowest BCUT2D eigenvalue weighted by molar-refractivity contribution is 1.05. The Bertz CT molecular complexity index is 278. The smallest absolute Gasteiger partial charge is 0.0309 e. The summed E-state index contributed by atoms with van der Waals surface area (Å²) in [5.41, 5.74) is 6.81. The van der Waals surface area contributed by atoms with E-state index in [1.165, 1.54) is 16.3 Å². The van der Waals surface area contributed by atoms with Crippen molar-refractivity contribution in [3.05, 3.63) is 28.4 Å². The highest BCUT2D eigenvalue weighted by Gasteiger charge is 2.03. The van der Waals surface area contributed by atoms with Crippen molar-refractivity contribution < 1.29 is 0 Å². The van der Waals surface area contributed by atoms with E-state index in [1.807, 2.05) is 0 Å². The normalized spacial score (nSPS) is 9.33. The van der Waals surface area contributed by atoms with Gasteiger partial charge in [-0.3, -0.25) is 0 Å². The summed E-state index contributed by atoms with van der Waals surface area (Å²) in [6.45, 7) is 0.630. The Kier molecular flexibility index (Phi) is 7.06. The summed E-state index contributed by atoms with van der Waals surface area (Å²) in [6.07, 6.45) is 0. The number of hydrogen-bond acceptors (Lipinski definition) is 1. The first kappa shape index (κ1) is 13.7. The number of hydrogen-bond donors (Lipinski definition) is 1. The van der Waals surface area contributed by atoms with Crippen LogP contribution in [0.5, 0.6) is 0 Å². The van der Waals surface area contributed by atoms with Gasteiger partial charge in [0.15, 0.2) is 0 Å². The summed E-state index contributed by atoms with van der Waals surface area (Å²) in [5, 5.41) is 0.